The third kappa shape index (κ3) is 5.99. The highest BCUT2D eigenvalue weighted by Gasteiger charge is 2.22. The number of hydrogen-bond acceptors (Lipinski definition) is 2. The van der Waals surface area contributed by atoms with E-state index in [0.717, 1.165) is 44.5 Å². The molecule has 24 heavy (non-hydrogen) atoms. The van der Waals surface area contributed by atoms with Crippen LogP contribution in [-0.4, -0.2) is 36.6 Å². The third-order valence-electron chi connectivity index (χ3n) is 4.51. The molecule has 0 aromatic heterocycles. The van der Waals surface area contributed by atoms with Crippen molar-refractivity contribution in [3.63, 3.8) is 0 Å². The maximum absolute atomic E-state index is 12.3. The average molecular weight is 352 g/mol. The van der Waals surface area contributed by atoms with Crippen LogP contribution in [0.1, 0.15) is 51.6 Å². The number of nitrogens with zero attached hydrogens (tertiary/aromatic N) is 1. The number of nitrogens with one attached hydrogen (secondary N) is 2. The molecule has 0 radical (unpaired) electrons. The summed E-state index contributed by atoms with van der Waals surface area (Å²) in [6, 6.07) is 7.87. The summed E-state index contributed by atoms with van der Waals surface area (Å²) in [6.45, 7) is 9.84. The van der Waals surface area contributed by atoms with Gasteiger partial charge in [0.15, 0.2) is 0 Å². The first kappa shape index (κ1) is 19.1. The van der Waals surface area contributed by atoms with E-state index in [9.17, 15) is 4.79 Å². The first-order chi connectivity index (χ1) is 11.5. The van der Waals surface area contributed by atoms with Gasteiger partial charge < -0.3 is 15.5 Å². The molecular weight excluding hydrogens is 322 g/mol. The molecule has 1 unspecified atom stereocenters. The van der Waals surface area contributed by atoms with Crippen LogP contribution in [0.15, 0.2) is 24.3 Å². The van der Waals surface area contributed by atoms with Gasteiger partial charge >= 0.3 is 6.03 Å². The number of piperidine rings is 1. The molecule has 1 aromatic carbocycles. The van der Waals surface area contributed by atoms with E-state index in [1.807, 2.05) is 24.3 Å². The molecule has 1 aromatic rings. The van der Waals surface area contributed by atoms with Crippen molar-refractivity contribution in [1.82, 2.24) is 15.5 Å². The predicted molar refractivity (Wildman–Crippen MR) is 100 cm³/mol. The molecule has 0 spiro atoms. The summed E-state index contributed by atoms with van der Waals surface area (Å²) in [4.78, 5) is 14.8. The van der Waals surface area contributed by atoms with E-state index >= 15 is 0 Å². The standard InChI is InChI=1S/C19H30ClN3O/c1-4-18(15-6-5-7-16(20)12-15)22-19(24)21-17-8-10-23(11-9-17)13-14(2)3/h5-7,12,14,17-18H,4,8-11,13H2,1-3H3,(H2,21,22,24). The van der Waals surface area contributed by atoms with Gasteiger partial charge in [0.1, 0.15) is 0 Å². The second-order valence-corrected chi connectivity index (χ2v) is 7.54. The van der Waals surface area contributed by atoms with Gasteiger partial charge in [-0.3, -0.25) is 0 Å². The summed E-state index contributed by atoms with van der Waals surface area (Å²) in [7, 11) is 0. The topological polar surface area (TPSA) is 44.4 Å². The molecule has 2 rings (SSSR count). The largest absolute Gasteiger partial charge is 0.335 e. The number of rotatable bonds is 6. The molecule has 1 aliphatic rings. The van der Waals surface area contributed by atoms with Gasteiger partial charge in [0, 0.05) is 30.7 Å². The smallest absolute Gasteiger partial charge is 0.315 e. The van der Waals surface area contributed by atoms with Gasteiger partial charge in [-0.1, -0.05) is 44.5 Å². The Morgan fingerprint density at radius 2 is 2.04 bits per heavy atom. The highest BCUT2D eigenvalue weighted by molar-refractivity contribution is 6.30. The van der Waals surface area contributed by atoms with Crippen molar-refractivity contribution in [2.75, 3.05) is 19.6 Å². The Morgan fingerprint density at radius 1 is 1.33 bits per heavy atom. The molecule has 0 aliphatic carbocycles. The zero-order valence-electron chi connectivity index (χ0n) is 15.0. The first-order valence-electron chi connectivity index (χ1n) is 9.02. The van der Waals surface area contributed by atoms with Crippen molar-refractivity contribution in [2.45, 2.75) is 52.1 Å². The number of likely N-dealkylation sites (tertiary alicyclic amines) is 1. The summed E-state index contributed by atoms with van der Waals surface area (Å²) >= 11 is 6.05. The first-order valence-corrected chi connectivity index (χ1v) is 9.40. The molecule has 0 bridgehead atoms. The van der Waals surface area contributed by atoms with Gasteiger partial charge in [0.2, 0.25) is 0 Å². The molecule has 1 fully saturated rings. The Kier molecular flexibility index (Phi) is 7.38. The lowest BCUT2D eigenvalue weighted by molar-refractivity contribution is 0.177. The fourth-order valence-electron chi connectivity index (χ4n) is 3.31. The van der Waals surface area contributed by atoms with Crippen molar-refractivity contribution in [2.24, 2.45) is 5.92 Å². The second kappa shape index (κ2) is 9.28. The molecule has 1 heterocycles. The minimum atomic E-state index is -0.0795. The van der Waals surface area contributed by atoms with E-state index in [1.54, 1.807) is 0 Å². The van der Waals surface area contributed by atoms with Crippen LogP contribution in [0, 0.1) is 5.92 Å². The van der Waals surface area contributed by atoms with Crippen molar-refractivity contribution in [1.29, 1.82) is 0 Å². The Labute approximate surface area is 150 Å². The Morgan fingerprint density at radius 3 is 2.62 bits per heavy atom. The fraction of sp³-hybridized carbons (Fsp3) is 0.632. The maximum Gasteiger partial charge on any atom is 0.315 e. The van der Waals surface area contributed by atoms with Gasteiger partial charge in [0.25, 0.3) is 0 Å². The van der Waals surface area contributed by atoms with Gasteiger partial charge in [0.05, 0.1) is 6.04 Å². The molecule has 1 atom stereocenters. The number of carbonyl (C=O) groups is 1. The lowest BCUT2D eigenvalue weighted by Gasteiger charge is -2.33. The number of hydrogen-bond donors (Lipinski definition) is 2. The quantitative estimate of drug-likeness (QED) is 0.806. The summed E-state index contributed by atoms with van der Waals surface area (Å²) in [5.74, 6) is 0.695. The molecule has 1 saturated heterocycles. The van der Waals surface area contributed by atoms with Crippen LogP contribution in [0.25, 0.3) is 0 Å². The van der Waals surface area contributed by atoms with Crippen LogP contribution in [0.5, 0.6) is 0 Å². The van der Waals surface area contributed by atoms with Gasteiger partial charge in [-0.2, -0.15) is 0 Å². The third-order valence-corrected chi connectivity index (χ3v) is 4.75. The average Bonchev–Trinajstić information content (AvgIpc) is 2.54. The number of carbonyl (C=O) groups excluding carboxylic acids is 1. The minimum Gasteiger partial charge on any atom is -0.335 e. The number of urea groups is 1. The molecule has 0 saturated carbocycles. The summed E-state index contributed by atoms with van der Waals surface area (Å²) in [5.41, 5.74) is 1.05. The van der Waals surface area contributed by atoms with Crippen molar-refractivity contribution in [3.05, 3.63) is 34.9 Å². The van der Waals surface area contributed by atoms with E-state index in [1.165, 1.54) is 0 Å². The zero-order valence-corrected chi connectivity index (χ0v) is 15.8. The van der Waals surface area contributed by atoms with E-state index in [-0.39, 0.29) is 18.1 Å². The Hall–Kier alpha value is -1.26. The fourth-order valence-corrected chi connectivity index (χ4v) is 3.50. The Balaban J connectivity index is 1.80. The highest BCUT2D eigenvalue weighted by Crippen LogP contribution is 2.20. The number of benzene rings is 1. The van der Waals surface area contributed by atoms with E-state index in [4.69, 9.17) is 11.6 Å². The minimum absolute atomic E-state index is 0.00951. The SMILES string of the molecule is CCC(NC(=O)NC1CCN(CC(C)C)CC1)c1cccc(Cl)c1. The second-order valence-electron chi connectivity index (χ2n) is 7.10. The van der Waals surface area contributed by atoms with Crippen molar-refractivity contribution < 1.29 is 4.79 Å². The Bertz CT molecular complexity index is 527. The molecule has 2 amide bonds. The molecule has 5 heteroatoms. The maximum atomic E-state index is 12.3. The molecule has 4 nitrogen and oxygen atoms in total. The van der Waals surface area contributed by atoms with Crippen molar-refractivity contribution in [3.8, 4) is 0 Å². The van der Waals surface area contributed by atoms with Crippen LogP contribution in [0.4, 0.5) is 4.79 Å². The normalized spacial score (nSPS) is 17.7. The predicted octanol–water partition coefficient (Wildman–Crippen LogP) is 4.21. The number of amides is 2. The number of halogens is 1. The summed E-state index contributed by atoms with van der Waals surface area (Å²) in [6.07, 6.45) is 2.88. The van der Waals surface area contributed by atoms with E-state index < -0.39 is 0 Å². The molecule has 134 valence electrons. The molecular formula is C19H30ClN3O. The lowest BCUT2D eigenvalue weighted by Crippen LogP contribution is -2.49. The summed E-state index contributed by atoms with van der Waals surface area (Å²) in [5, 5.41) is 6.91. The van der Waals surface area contributed by atoms with Gasteiger partial charge in [-0.15, -0.1) is 0 Å². The monoisotopic (exact) mass is 351 g/mol. The highest BCUT2D eigenvalue weighted by atomic mass is 35.5. The summed E-state index contributed by atoms with van der Waals surface area (Å²) < 4.78 is 0. The lowest BCUT2D eigenvalue weighted by atomic mass is 10.0. The van der Waals surface area contributed by atoms with Crippen LogP contribution < -0.4 is 10.6 Å². The van der Waals surface area contributed by atoms with Crippen molar-refractivity contribution >= 4 is 17.6 Å². The van der Waals surface area contributed by atoms with Crippen LogP contribution in [-0.2, 0) is 0 Å². The van der Waals surface area contributed by atoms with Gasteiger partial charge in [-0.05, 0) is 42.9 Å². The van der Waals surface area contributed by atoms with Crippen LogP contribution in [0.3, 0.4) is 0 Å². The van der Waals surface area contributed by atoms with E-state index in [2.05, 4.69) is 36.3 Å². The van der Waals surface area contributed by atoms with E-state index in [0.29, 0.717) is 10.9 Å². The zero-order chi connectivity index (χ0) is 17.5. The van der Waals surface area contributed by atoms with Crippen LogP contribution in [0.2, 0.25) is 5.02 Å². The van der Waals surface area contributed by atoms with Crippen LogP contribution >= 0.6 is 11.6 Å². The molecule has 1 aliphatic heterocycles. The van der Waals surface area contributed by atoms with Gasteiger partial charge in [-0.25, -0.2) is 4.79 Å². The molecule has 2 N–H and O–H groups in total.